The van der Waals surface area contributed by atoms with Crippen LogP contribution in [0.3, 0.4) is 0 Å². The Morgan fingerprint density at radius 1 is 0.407 bits per heavy atom. The van der Waals surface area contributed by atoms with E-state index in [1.54, 1.807) is 0 Å². The molecule has 0 saturated heterocycles. The highest BCUT2D eigenvalue weighted by Crippen LogP contribution is 2.38. The van der Waals surface area contributed by atoms with E-state index >= 15 is 0 Å². The second-order valence-electron chi connectivity index (χ2n) is 15.1. The summed E-state index contributed by atoms with van der Waals surface area (Å²) >= 11 is 0. The predicted octanol–water partition coefficient (Wildman–Crippen LogP) is -7.55. The van der Waals surface area contributed by atoms with Crippen LogP contribution in [0.2, 0.25) is 0 Å². The number of hydrogen-bond donors (Lipinski definition) is 0. The first kappa shape index (κ1) is 34.4. The summed E-state index contributed by atoms with van der Waals surface area (Å²) in [6.45, 7) is 0. The lowest BCUT2D eigenvalue weighted by atomic mass is 9.60. The smallest absolute Gasteiger partial charge is 0.167 e. The first-order valence-electron chi connectivity index (χ1n) is 18.8. The van der Waals surface area contributed by atoms with Crippen molar-refractivity contribution in [3.05, 3.63) is 84.9 Å². The van der Waals surface area contributed by atoms with Gasteiger partial charge in [-0.1, -0.05) is 70.4 Å². The van der Waals surface area contributed by atoms with Gasteiger partial charge in [0.2, 0.25) is 0 Å². The summed E-state index contributed by atoms with van der Waals surface area (Å²) in [4.78, 5) is 16.0. The number of benzene rings is 6. The van der Waals surface area contributed by atoms with E-state index in [4.69, 9.17) is 19.4 Å². The first-order valence-corrected chi connectivity index (χ1v) is 18.8. The Labute approximate surface area is 324 Å². The van der Waals surface area contributed by atoms with Gasteiger partial charge in [-0.15, -0.1) is 32.8 Å². The number of aromatic nitrogens is 4. The van der Waals surface area contributed by atoms with Crippen LogP contribution in [0.25, 0.3) is 83.6 Å². The zero-order chi connectivity index (χ0) is 37.7. The van der Waals surface area contributed by atoms with Gasteiger partial charge in [0, 0.05) is 44.4 Å². The maximum absolute atomic E-state index is 6.88. The highest BCUT2D eigenvalue weighted by Gasteiger charge is 2.23. The molecule has 0 aliphatic rings. The molecule has 0 spiro atoms. The summed E-state index contributed by atoms with van der Waals surface area (Å²) in [5.74, 6) is 1.98. The van der Waals surface area contributed by atoms with Gasteiger partial charge in [0.05, 0.1) is 16.6 Å². The van der Waals surface area contributed by atoms with Crippen molar-refractivity contribution in [3.63, 3.8) is 0 Å². The second kappa shape index (κ2) is 12.6. The molecule has 3 heterocycles. The number of para-hydroxylation sites is 3. The SMILES string of the molecule is Bc1c(B)c(B)c(-c2nc(-c3c(B)c(B)c(B)c(B)c3B)nc(-c3cccc4c3oc3cc(-n5c6ccccc6c6ccccc65)ccc34)n2)c(B)c1B. The highest BCUT2D eigenvalue weighted by molar-refractivity contribution is 6.69. The molecule has 6 aromatic carbocycles. The summed E-state index contributed by atoms with van der Waals surface area (Å²) in [5.41, 5.74) is 20.4. The summed E-state index contributed by atoms with van der Waals surface area (Å²) in [6.07, 6.45) is 0. The molecule has 9 rings (SSSR count). The number of hydrogen-bond acceptors (Lipinski definition) is 4. The molecule has 0 aliphatic heterocycles. The van der Waals surface area contributed by atoms with Crippen LogP contribution in [-0.4, -0.2) is 98.0 Å². The van der Waals surface area contributed by atoms with E-state index in [2.05, 4.69) is 168 Å². The van der Waals surface area contributed by atoms with E-state index in [0.717, 1.165) is 44.3 Å². The van der Waals surface area contributed by atoms with Gasteiger partial charge in [0.1, 0.15) is 89.6 Å². The number of rotatable bonds is 4. The molecule has 0 saturated carbocycles. The van der Waals surface area contributed by atoms with Crippen molar-refractivity contribution in [2.24, 2.45) is 0 Å². The molecule has 0 amide bonds. The highest BCUT2D eigenvalue weighted by atomic mass is 16.3. The lowest BCUT2D eigenvalue weighted by Gasteiger charge is -2.22. The molecule has 0 radical (unpaired) electrons. The van der Waals surface area contributed by atoms with Gasteiger partial charge >= 0.3 is 0 Å². The van der Waals surface area contributed by atoms with Crippen molar-refractivity contribution in [2.75, 3.05) is 0 Å². The molecule has 0 fully saturated rings. The Hall–Kier alpha value is -5.42. The normalized spacial score (nSPS) is 11.7. The third-order valence-corrected chi connectivity index (χ3v) is 12.6. The van der Waals surface area contributed by atoms with Crippen molar-refractivity contribution in [3.8, 4) is 39.9 Å². The molecule has 0 atom stereocenters. The van der Waals surface area contributed by atoms with Gasteiger partial charge in [0.25, 0.3) is 0 Å². The molecule has 5 nitrogen and oxygen atoms in total. The van der Waals surface area contributed by atoms with Crippen LogP contribution in [0.15, 0.2) is 89.3 Å². The zero-order valence-corrected chi connectivity index (χ0v) is 32.8. The Kier molecular flexibility index (Phi) is 8.00. The van der Waals surface area contributed by atoms with Crippen molar-refractivity contribution in [1.82, 2.24) is 19.5 Å². The summed E-state index contributed by atoms with van der Waals surface area (Å²) in [5, 5.41) is 4.55. The van der Waals surface area contributed by atoms with E-state index < -0.39 is 0 Å². The Bertz CT molecular complexity index is 2880. The van der Waals surface area contributed by atoms with Gasteiger partial charge in [-0.25, -0.2) is 15.0 Å². The summed E-state index contributed by atoms with van der Waals surface area (Å²) < 4.78 is 9.21. The lowest BCUT2D eigenvalue weighted by Crippen LogP contribution is -2.55. The first-order chi connectivity index (χ1) is 26.0. The van der Waals surface area contributed by atoms with E-state index in [1.165, 1.54) is 76.4 Å². The number of fused-ring (bicyclic) bond motifs is 6. The minimum atomic E-state index is 0.603. The fourth-order valence-corrected chi connectivity index (χ4v) is 8.69. The van der Waals surface area contributed by atoms with Crippen LogP contribution in [0.5, 0.6) is 0 Å². The average Bonchev–Trinajstić information content (AvgIpc) is 3.73. The van der Waals surface area contributed by atoms with Crippen molar-refractivity contribution in [2.45, 2.75) is 0 Å². The van der Waals surface area contributed by atoms with Gasteiger partial charge in [-0.3, -0.25) is 0 Å². The van der Waals surface area contributed by atoms with Gasteiger partial charge < -0.3 is 8.98 Å². The van der Waals surface area contributed by atoms with Crippen LogP contribution in [0.1, 0.15) is 0 Å². The molecule has 0 bridgehead atoms. The molecule has 15 heteroatoms. The third kappa shape index (κ3) is 4.97. The van der Waals surface area contributed by atoms with E-state index in [0.29, 0.717) is 17.5 Å². The van der Waals surface area contributed by atoms with Crippen molar-refractivity contribution >= 4 is 177 Å². The molecular weight excluding hydrogens is 649 g/mol. The molecular formula is C39H34B10N4O. The minimum Gasteiger partial charge on any atom is -0.455 e. The fraction of sp³-hybridized carbons (Fsp3) is 0. The van der Waals surface area contributed by atoms with Crippen LogP contribution in [0, 0.1) is 0 Å². The van der Waals surface area contributed by atoms with Gasteiger partial charge in [-0.2, -0.15) is 0 Å². The second-order valence-corrected chi connectivity index (χ2v) is 15.1. The van der Waals surface area contributed by atoms with Gasteiger partial charge in [0.15, 0.2) is 17.5 Å². The number of furan rings is 1. The Morgan fingerprint density at radius 3 is 1.37 bits per heavy atom. The zero-order valence-electron chi connectivity index (χ0n) is 32.8. The van der Waals surface area contributed by atoms with Crippen LogP contribution in [0.4, 0.5) is 0 Å². The molecule has 0 N–H and O–H groups in total. The largest absolute Gasteiger partial charge is 0.455 e. The fourth-order valence-electron chi connectivity index (χ4n) is 8.69. The molecule has 9 aromatic rings. The standard InChI is InChI=1S/C39H34B10N4O/c40-26-24(27(41)31(45)34(48)30(26)44)38-50-37(51-39(52-38)25-28(42)32(46)35(49)33(47)29(25)43)20-9-5-8-19-18-13-12-15(14-23(18)54-36(19)20)53-21-10-3-1-6-16(21)17-7-2-4-11-22(17)53/h1-14H,40-49H2. The maximum atomic E-state index is 6.88. The van der Waals surface area contributed by atoms with E-state index in [1.807, 2.05) is 0 Å². The van der Waals surface area contributed by atoms with E-state index in [-0.39, 0.29) is 0 Å². The number of nitrogens with zero attached hydrogens (tertiary/aromatic N) is 4. The summed E-state index contributed by atoms with van der Waals surface area (Å²) in [7, 11) is 22.0. The summed E-state index contributed by atoms with van der Waals surface area (Å²) in [6, 6.07) is 30.0. The van der Waals surface area contributed by atoms with Crippen molar-refractivity contribution < 1.29 is 4.42 Å². The third-order valence-electron chi connectivity index (χ3n) is 12.6. The van der Waals surface area contributed by atoms with Crippen LogP contribution >= 0.6 is 0 Å². The van der Waals surface area contributed by atoms with Crippen molar-refractivity contribution in [1.29, 1.82) is 0 Å². The van der Waals surface area contributed by atoms with Crippen LogP contribution in [-0.2, 0) is 0 Å². The average molecular weight is 683 g/mol. The topological polar surface area (TPSA) is 56.7 Å². The quantitative estimate of drug-likeness (QED) is 0.173. The lowest BCUT2D eigenvalue weighted by molar-refractivity contribution is 0.669. The molecule has 0 aliphatic carbocycles. The van der Waals surface area contributed by atoms with Gasteiger partial charge in [-0.05, 0) is 30.3 Å². The Balaban J connectivity index is 1.31. The molecule has 0 unspecified atom stereocenters. The maximum Gasteiger partial charge on any atom is 0.167 e. The predicted molar refractivity (Wildman–Crippen MR) is 260 cm³/mol. The Morgan fingerprint density at radius 2 is 0.852 bits per heavy atom. The molecule has 246 valence electrons. The van der Waals surface area contributed by atoms with Crippen LogP contribution < -0.4 is 54.6 Å². The minimum absolute atomic E-state index is 0.603. The monoisotopic (exact) mass is 684 g/mol. The molecule has 54 heavy (non-hydrogen) atoms. The van der Waals surface area contributed by atoms with E-state index in [9.17, 15) is 0 Å². The molecule has 3 aromatic heterocycles.